The lowest BCUT2D eigenvalue weighted by Crippen LogP contribution is -2.13. The van der Waals surface area contributed by atoms with Gasteiger partial charge in [-0.1, -0.05) is 12.1 Å². The number of carbonyl (C=O) groups is 1. The van der Waals surface area contributed by atoms with E-state index in [-0.39, 0.29) is 17.5 Å². The minimum atomic E-state index is -0.857. The number of nitro groups is 1. The highest BCUT2D eigenvalue weighted by Gasteiger charge is 2.46. The quantitative estimate of drug-likeness (QED) is 0.623. The normalized spacial score (nSPS) is 16.8. The van der Waals surface area contributed by atoms with Gasteiger partial charge in [-0.3, -0.25) is 14.9 Å². The molecule has 1 saturated carbocycles. The van der Waals surface area contributed by atoms with E-state index in [0.717, 1.165) is 18.4 Å². The molecule has 5 heteroatoms. The Morgan fingerprint density at radius 3 is 2.69 bits per heavy atom. The lowest BCUT2D eigenvalue weighted by atomic mass is 9.92. The molecule has 1 aromatic carbocycles. The van der Waals surface area contributed by atoms with Crippen LogP contribution in [-0.4, -0.2) is 16.0 Å². The predicted octanol–water partition coefficient (Wildman–Crippen LogP) is 2.10. The first-order valence-corrected chi connectivity index (χ1v) is 5.00. The van der Waals surface area contributed by atoms with E-state index in [4.69, 9.17) is 5.11 Å². The highest BCUT2D eigenvalue weighted by Crippen LogP contribution is 2.51. The highest BCUT2D eigenvalue weighted by atomic mass is 16.6. The van der Waals surface area contributed by atoms with Crippen molar-refractivity contribution in [3.63, 3.8) is 0 Å². The summed E-state index contributed by atoms with van der Waals surface area (Å²) in [6, 6.07) is 6.27. The highest BCUT2D eigenvalue weighted by molar-refractivity contribution is 5.70. The molecule has 1 aliphatic carbocycles. The molecule has 1 aromatic rings. The van der Waals surface area contributed by atoms with Gasteiger partial charge in [-0.15, -0.1) is 0 Å². The second kappa shape index (κ2) is 3.59. The summed E-state index contributed by atoms with van der Waals surface area (Å²) >= 11 is 0. The van der Waals surface area contributed by atoms with E-state index in [1.165, 1.54) is 12.1 Å². The summed E-state index contributed by atoms with van der Waals surface area (Å²) in [6.45, 7) is 0. The van der Waals surface area contributed by atoms with Crippen LogP contribution in [0, 0.1) is 10.1 Å². The fourth-order valence-corrected chi connectivity index (χ4v) is 1.96. The van der Waals surface area contributed by atoms with E-state index >= 15 is 0 Å². The SMILES string of the molecule is O=C(O)CC1(c2cccc([N+](=O)[O-])c2)CC1. The number of carboxylic acid groups (broad SMARTS) is 1. The largest absolute Gasteiger partial charge is 0.481 e. The summed E-state index contributed by atoms with van der Waals surface area (Å²) < 4.78 is 0. The number of nitro benzene ring substituents is 1. The van der Waals surface area contributed by atoms with Crippen LogP contribution in [0.1, 0.15) is 24.8 Å². The molecule has 2 rings (SSSR count). The Balaban J connectivity index is 2.30. The minimum Gasteiger partial charge on any atom is -0.481 e. The molecule has 0 bridgehead atoms. The van der Waals surface area contributed by atoms with Crippen LogP contribution in [0.15, 0.2) is 24.3 Å². The van der Waals surface area contributed by atoms with Crippen molar-refractivity contribution in [2.75, 3.05) is 0 Å². The van der Waals surface area contributed by atoms with Crippen LogP contribution < -0.4 is 0 Å². The van der Waals surface area contributed by atoms with Gasteiger partial charge in [0, 0.05) is 17.5 Å². The van der Waals surface area contributed by atoms with Crippen LogP contribution in [0.2, 0.25) is 0 Å². The molecule has 0 amide bonds. The van der Waals surface area contributed by atoms with E-state index in [2.05, 4.69) is 0 Å². The Kier molecular flexibility index (Phi) is 2.38. The van der Waals surface area contributed by atoms with Gasteiger partial charge in [-0.2, -0.15) is 0 Å². The summed E-state index contributed by atoms with van der Waals surface area (Å²) in [5, 5.41) is 19.4. The molecule has 84 valence electrons. The van der Waals surface area contributed by atoms with Gasteiger partial charge >= 0.3 is 5.97 Å². The summed E-state index contributed by atoms with van der Waals surface area (Å²) in [4.78, 5) is 20.9. The van der Waals surface area contributed by atoms with E-state index in [1.807, 2.05) is 0 Å². The van der Waals surface area contributed by atoms with Crippen molar-refractivity contribution in [3.8, 4) is 0 Å². The first-order chi connectivity index (χ1) is 7.53. The van der Waals surface area contributed by atoms with Gasteiger partial charge in [0.05, 0.1) is 11.3 Å². The third-order valence-corrected chi connectivity index (χ3v) is 3.01. The standard InChI is InChI=1S/C11H11NO4/c13-10(14)7-11(4-5-11)8-2-1-3-9(6-8)12(15)16/h1-3,6H,4-5,7H2,(H,13,14). The van der Waals surface area contributed by atoms with Crippen LogP contribution in [-0.2, 0) is 10.2 Å². The third-order valence-electron chi connectivity index (χ3n) is 3.01. The number of hydrogen-bond acceptors (Lipinski definition) is 3. The molecule has 0 aromatic heterocycles. The average Bonchev–Trinajstić information content (AvgIpc) is 2.98. The van der Waals surface area contributed by atoms with Crippen LogP contribution >= 0.6 is 0 Å². The van der Waals surface area contributed by atoms with Crippen molar-refractivity contribution in [1.82, 2.24) is 0 Å². The molecule has 0 radical (unpaired) electrons. The monoisotopic (exact) mass is 221 g/mol. The Morgan fingerprint density at radius 2 is 2.19 bits per heavy atom. The van der Waals surface area contributed by atoms with Crippen LogP contribution in [0.3, 0.4) is 0 Å². The maximum absolute atomic E-state index is 10.7. The maximum atomic E-state index is 10.7. The van der Waals surface area contributed by atoms with Crippen LogP contribution in [0.25, 0.3) is 0 Å². The number of benzene rings is 1. The van der Waals surface area contributed by atoms with Crippen molar-refractivity contribution < 1.29 is 14.8 Å². The minimum absolute atomic E-state index is 0.0224. The second-order valence-corrected chi connectivity index (χ2v) is 4.16. The summed E-state index contributed by atoms with van der Waals surface area (Å²) in [6.07, 6.45) is 1.63. The van der Waals surface area contributed by atoms with Gasteiger partial charge in [0.2, 0.25) is 0 Å². The Labute approximate surface area is 91.9 Å². The molecule has 1 N–H and O–H groups in total. The number of rotatable bonds is 4. The van der Waals surface area contributed by atoms with Crippen molar-refractivity contribution in [1.29, 1.82) is 0 Å². The smallest absolute Gasteiger partial charge is 0.304 e. The average molecular weight is 221 g/mol. The van der Waals surface area contributed by atoms with Gasteiger partial charge in [-0.25, -0.2) is 0 Å². The van der Waals surface area contributed by atoms with Crippen molar-refractivity contribution >= 4 is 11.7 Å². The van der Waals surface area contributed by atoms with Gasteiger partial charge in [0.25, 0.3) is 5.69 Å². The van der Waals surface area contributed by atoms with Gasteiger partial charge in [-0.05, 0) is 18.4 Å². The molecule has 0 aliphatic heterocycles. The Bertz CT molecular complexity index is 451. The molecule has 0 atom stereocenters. The molecule has 1 fully saturated rings. The first-order valence-electron chi connectivity index (χ1n) is 5.00. The first kappa shape index (κ1) is 10.6. The van der Waals surface area contributed by atoms with Gasteiger partial charge in [0.1, 0.15) is 0 Å². The number of aliphatic carboxylic acids is 1. The number of non-ortho nitro benzene ring substituents is 1. The third kappa shape index (κ3) is 1.88. The fourth-order valence-electron chi connectivity index (χ4n) is 1.96. The van der Waals surface area contributed by atoms with E-state index in [9.17, 15) is 14.9 Å². The molecular formula is C11H11NO4. The molecule has 0 saturated heterocycles. The molecule has 0 heterocycles. The zero-order valence-corrected chi connectivity index (χ0v) is 8.55. The van der Waals surface area contributed by atoms with E-state index in [1.54, 1.807) is 12.1 Å². The van der Waals surface area contributed by atoms with Gasteiger partial charge in [0.15, 0.2) is 0 Å². The molecule has 0 spiro atoms. The molecular weight excluding hydrogens is 210 g/mol. The Morgan fingerprint density at radius 1 is 1.50 bits per heavy atom. The number of hydrogen-bond donors (Lipinski definition) is 1. The topological polar surface area (TPSA) is 80.4 Å². The summed E-state index contributed by atoms with van der Waals surface area (Å²) in [5.41, 5.74) is 0.427. The summed E-state index contributed by atoms with van der Waals surface area (Å²) in [5.74, 6) is -0.857. The number of nitrogens with zero attached hydrogens (tertiary/aromatic N) is 1. The van der Waals surface area contributed by atoms with Crippen LogP contribution in [0.5, 0.6) is 0 Å². The van der Waals surface area contributed by atoms with Crippen molar-refractivity contribution in [2.45, 2.75) is 24.7 Å². The van der Waals surface area contributed by atoms with Crippen LogP contribution in [0.4, 0.5) is 5.69 Å². The predicted molar refractivity (Wildman–Crippen MR) is 56.3 cm³/mol. The lowest BCUT2D eigenvalue weighted by Gasteiger charge is -2.12. The van der Waals surface area contributed by atoms with Gasteiger partial charge < -0.3 is 5.11 Å². The number of carboxylic acids is 1. The summed E-state index contributed by atoms with van der Waals surface area (Å²) in [7, 11) is 0. The lowest BCUT2D eigenvalue weighted by molar-refractivity contribution is -0.384. The van der Waals surface area contributed by atoms with E-state index < -0.39 is 10.9 Å². The van der Waals surface area contributed by atoms with E-state index in [0.29, 0.717) is 0 Å². The fraction of sp³-hybridized carbons (Fsp3) is 0.364. The zero-order chi connectivity index (χ0) is 11.8. The zero-order valence-electron chi connectivity index (χ0n) is 8.55. The second-order valence-electron chi connectivity index (χ2n) is 4.16. The molecule has 5 nitrogen and oxygen atoms in total. The molecule has 16 heavy (non-hydrogen) atoms. The Hall–Kier alpha value is -1.91. The van der Waals surface area contributed by atoms with Crippen molar-refractivity contribution in [2.24, 2.45) is 0 Å². The maximum Gasteiger partial charge on any atom is 0.304 e. The molecule has 0 unspecified atom stereocenters. The van der Waals surface area contributed by atoms with Crippen molar-refractivity contribution in [3.05, 3.63) is 39.9 Å². The molecule has 1 aliphatic rings.